The number of hydrogen-bond donors (Lipinski definition) is 0. The molecule has 0 radical (unpaired) electrons. The zero-order valence-electron chi connectivity index (χ0n) is 7.74. The zero-order valence-corrected chi connectivity index (χ0v) is 9.31. The molecule has 1 aliphatic heterocycles. The summed E-state index contributed by atoms with van der Waals surface area (Å²) in [6.07, 6.45) is 0. The van der Waals surface area contributed by atoms with Crippen LogP contribution in [0.25, 0.3) is 0 Å². The highest BCUT2D eigenvalue weighted by Crippen LogP contribution is 2.47. The number of fused-ring (bicyclic) bond motifs is 2. The predicted molar refractivity (Wildman–Crippen MR) is 62.1 cm³/mol. The first-order valence-corrected chi connectivity index (χ1v) is 5.77. The largest absolute Gasteiger partial charge is 0.455 e. The maximum absolute atomic E-state index is 5.93. The molecule has 0 unspecified atom stereocenters. The van der Waals surface area contributed by atoms with Crippen LogP contribution in [0.5, 0.6) is 11.5 Å². The maximum atomic E-state index is 5.93. The van der Waals surface area contributed by atoms with E-state index in [-0.39, 0.29) is 0 Å². The second kappa shape index (κ2) is 3.47. The van der Waals surface area contributed by atoms with E-state index in [4.69, 9.17) is 16.3 Å². The Labute approximate surface area is 97.0 Å². The Morgan fingerprint density at radius 2 is 1.73 bits per heavy atom. The van der Waals surface area contributed by atoms with Gasteiger partial charge in [0.2, 0.25) is 0 Å². The summed E-state index contributed by atoms with van der Waals surface area (Å²) in [5.41, 5.74) is 0. The molecule has 3 heteroatoms. The first kappa shape index (κ1) is 9.13. The molecule has 0 amide bonds. The average molecular weight is 235 g/mol. The van der Waals surface area contributed by atoms with Crippen molar-refractivity contribution in [3.63, 3.8) is 0 Å². The fourth-order valence-electron chi connectivity index (χ4n) is 1.50. The van der Waals surface area contributed by atoms with Gasteiger partial charge in [0, 0.05) is 5.02 Å². The van der Waals surface area contributed by atoms with E-state index >= 15 is 0 Å². The summed E-state index contributed by atoms with van der Waals surface area (Å²) >= 11 is 7.62. The first-order chi connectivity index (χ1) is 7.33. The van der Waals surface area contributed by atoms with Crippen LogP contribution in [0, 0.1) is 0 Å². The minimum atomic E-state index is 0.740. The van der Waals surface area contributed by atoms with Gasteiger partial charge in [-0.1, -0.05) is 35.5 Å². The van der Waals surface area contributed by atoms with Crippen molar-refractivity contribution >= 4 is 23.4 Å². The van der Waals surface area contributed by atoms with Crippen LogP contribution in [0.15, 0.2) is 52.3 Å². The molecular weight excluding hydrogens is 228 g/mol. The lowest BCUT2D eigenvalue weighted by atomic mass is 10.3. The van der Waals surface area contributed by atoms with Crippen LogP contribution in [-0.4, -0.2) is 0 Å². The van der Waals surface area contributed by atoms with Gasteiger partial charge in [-0.3, -0.25) is 0 Å². The molecule has 0 fully saturated rings. The van der Waals surface area contributed by atoms with Crippen LogP contribution in [0.3, 0.4) is 0 Å². The number of rotatable bonds is 0. The average Bonchev–Trinajstić information content (AvgIpc) is 2.26. The third-order valence-electron chi connectivity index (χ3n) is 2.19. The molecule has 3 rings (SSSR count). The Kier molecular flexibility index (Phi) is 2.11. The van der Waals surface area contributed by atoms with E-state index in [0.29, 0.717) is 0 Å². The molecule has 15 heavy (non-hydrogen) atoms. The monoisotopic (exact) mass is 234 g/mol. The molecule has 0 bridgehead atoms. The Bertz CT molecular complexity index is 525. The van der Waals surface area contributed by atoms with E-state index in [1.165, 1.54) is 0 Å². The number of ether oxygens (including phenoxy) is 1. The summed E-state index contributed by atoms with van der Waals surface area (Å²) in [6, 6.07) is 13.7. The van der Waals surface area contributed by atoms with Gasteiger partial charge in [-0.15, -0.1) is 0 Å². The second-order valence-corrected chi connectivity index (χ2v) is 4.76. The summed E-state index contributed by atoms with van der Waals surface area (Å²) in [4.78, 5) is 2.20. The quantitative estimate of drug-likeness (QED) is 0.562. The molecule has 2 aromatic carbocycles. The molecule has 0 N–H and O–H groups in total. The van der Waals surface area contributed by atoms with Crippen molar-refractivity contribution < 1.29 is 4.74 Å². The standard InChI is InChI=1S/C12H7ClOS/c13-8-5-6-10-12(7-8)15-11-4-2-1-3-9(11)14-10/h1-7H. The lowest BCUT2D eigenvalue weighted by Gasteiger charge is -2.19. The van der Waals surface area contributed by atoms with Crippen molar-refractivity contribution in [1.82, 2.24) is 0 Å². The van der Waals surface area contributed by atoms with Crippen LogP contribution >= 0.6 is 23.4 Å². The molecule has 1 heterocycles. The Hall–Kier alpha value is -1.12. The molecule has 74 valence electrons. The van der Waals surface area contributed by atoms with Gasteiger partial charge in [-0.05, 0) is 30.3 Å². The predicted octanol–water partition coefficient (Wildman–Crippen LogP) is 4.60. The topological polar surface area (TPSA) is 9.23 Å². The van der Waals surface area contributed by atoms with E-state index in [1.54, 1.807) is 11.8 Å². The summed E-state index contributed by atoms with van der Waals surface area (Å²) in [5, 5.41) is 0.740. The van der Waals surface area contributed by atoms with Gasteiger partial charge in [-0.25, -0.2) is 0 Å². The lowest BCUT2D eigenvalue weighted by molar-refractivity contribution is 0.454. The fraction of sp³-hybridized carbons (Fsp3) is 0. The molecule has 0 atom stereocenters. The van der Waals surface area contributed by atoms with E-state index < -0.39 is 0 Å². The van der Waals surface area contributed by atoms with Crippen molar-refractivity contribution in [2.45, 2.75) is 9.79 Å². The summed E-state index contributed by atoms with van der Waals surface area (Å²) in [7, 11) is 0. The smallest absolute Gasteiger partial charge is 0.141 e. The third kappa shape index (κ3) is 1.60. The van der Waals surface area contributed by atoms with Crippen LogP contribution < -0.4 is 4.74 Å². The van der Waals surface area contributed by atoms with Gasteiger partial charge < -0.3 is 4.74 Å². The van der Waals surface area contributed by atoms with Crippen molar-refractivity contribution in [3.05, 3.63) is 47.5 Å². The first-order valence-electron chi connectivity index (χ1n) is 4.57. The normalized spacial score (nSPS) is 12.6. The molecule has 2 aromatic rings. The number of hydrogen-bond acceptors (Lipinski definition) is 2. The van der Waals surface area contributed by atoms with Crippen molar-refractivity contribution in [1.29, 1.82) is 0 Å². The van der Waals surface area contributed by atoms with Gasteiger partial charge in [0.1, 0.15) is 11.5 Å². The molecule has 0 saturated carbocycles. The van der Waals surface area contributed by atoms with E-state index in [1.807, 2.05) is 42.5 Å². The van der Waals surface area contributed by atoms with Gasteiger partial charge in [0.05, 0.1) is 9.79 Å². The van der Waals surface area contributed by atoms with Crippen molar-refractivity contribution in [2.24, 2.45) is 0 Å². The van der Waals surface area contributed by atoms with Gasteiger partial charge in [0.15, 0.2) is 0 Å². The van der Waals surface area contributed by atoms with Crippen LogP contribution in [0.1, 0.15) is 0 Å². The SMILES string of the molecule is Clc1ccc2c(c1)Sc1ccccc1O2. The minimum Gasteiger partial charge on any atom is -0.455 e. The summed E-state index contributed by atoms with van der Waals surface area (Å²) < 4.78 is 5.75. The molecule has 1 nitrogen and oxygen atoms in total. The number of halogens is 1. The lowest BCUT2D eigenvalue weighted by Crippen LogP contribution is -1.93. The highest BCUT2D eigenvalue weighted by molar-refractivity contribution is 7.99. The van der Waals surface area contributed by atoms with Crippen LogP contribution in [-0.2, 0) is 0 Å². The van der Waals surface area contributed by atoms with Gasteiger partial charge in [-0.2, -0.15) is 0 Å². The molecule has 1 aliphatic rings. The van der Waals surface area contributed by atoms with Crippen molar-refractivity contribution in [3.8, 4) is 11.5 Å². The third-order valence-corrected chi connectivity index (χ3v) is 3.53. The number of benzene rings is 2. The molecule has 0 spiro atoms. The van der Waals surface area contributed by atoms with Gasteiger partial charge >= 0.3 is 0 Å². The van der Waals surface area contributed by atoms with Crippen LogP contribution in [0.2, 0.25) is 5.02 Å². The Morgan fingerprint density at radius 3 is 2.67 bits per heavy atom. The molecule has 0 aromatic heterocycles. The Balaban J connectivity index is 2.11. The second-order valence-electron chi connectivity index (χ2n) is 3.24. The highest BCUT2D eigenvalue weighted by Gasteiger charge is 2.16. The molecule has 0 aliphatic carbocycles. The fourth-order valence-corrected chi connectivity index (χ4v) is 2.73. The zero-order chi connectivity index (χ0) is 10.3. The highest BCUT2D eigenvalue weighted by atomic mass is 35.5. The summed E-state index contributed by atoms with van der Waals surface area (Å²) in [6.45, 7) is 0. The van der Waals surface area contributed by atoms with E-state index in [2.05, 4.69) is 0 Å². The summed E-state index contributed by atoms with van der Waals surface area (Å²) in [5.74, 6) is 1.79. The maximum Gasteiger partial charge on any atom is 0.141 e. The van der Waals surface area contributed by atoms with E-state index in [9.17, 15) is 0 Å². The van der Waals surface area contributed by atoms with E-state index in [0.717, 1.165) is 26.3 Å². The van der Waals surface area contributed by atoms with Crippen LogP contribution in [0.4, 0.5) is 0 Å². The number of para-hydroxylation sites is 1. The molecular formula is C12H7ClOS. The Morgan fingerprint density at radius 1 is 0.933 bits per heavy atom. The molecule has 0 saturated heterocycles. The van der Waals surface area contributed by atoms with Gasteiger partial charge in [0.25, 0.3) is 0 Å². The minimum absolute atomic E-state index is 0.740. The van der Waals surface area contributed by atoms with Crippen molar-refractivity contribution in [2.75, 3.05) is 0 Å².